The number of carboxylic acid groups (broad SMARTS) is 1. The average molecular weight is 692 g/mol. The number of rotatable bonds is 10. The van der Waals surface area contributed by atoms with Crippen LogP contribution in [-0.2, 0) is 44.2 Å². The third-order valence-electron chi connectivity index (χ3n) is 10.7. The van der Waals surface area contributed by atoms with Gasteiger partial charge in [-0.2, -0.15) is 21.6 Å². The van der Waals surface area contributed by atoms with Crippen molar-refractivity contribution >= 4 is 26.4 Å². The van der Waals surface area contributed by atoms with E-state index in [2.05, 4.69) is 4.90 Å². The maximum absolute atomic E-state index is 13.3. The molecule has 0 aliphatic carbocycles. The van der Waals surface area contributed by atoms with Gasteiger partial charge in [0.05, 0.1) is 6.04 Å². The number of likely N-dealkylation sites (N-methyl/N-ethyl adjacent to an activating group) is 1. The summed E-state index contributed by atoms with van der Waals surface area (Å²) in [5, 5.41) is 31.7. The van der Waals surface area contributed by atoms with Crippen molar-refractivity contribution < 1.29 is 65.0 Å². The zero-order valence-corrected chi connectivity index (χ0v) is 28.8. The summed E-state index contributed by atoms with van der Waals surface area (Å²) < 4.78 is 97.3. The van der Waals surface area contributed by atoms with Gasteiger partial charge in [-0.3, -0.25) is 14.0 Å². The predicted octanol–water partition coefficient (Wildman–Crippen LogP) is -1.09. The Bertz CT molecular complexity index is 1340. The van der Waals surface area contributed by atoms with Crippen molar-refractivity contribution in [2.45, 2.75) is 107 Å². The highest BCUT2D eigenvalue weighted by Gasteiger charge is 2.75. The minimum atomic E-state index is -5.39. The van der Waals surface area contributed by atoms with E-state index in [1.54, 1.807) is 11.6 Å². The number of ether oxygens (including phenoxy) is 4. The van der Waals surface area contributed by atoms with Gasteiger partial charge >= 0.3 is 16.3 Å². The van der Waals surface area contributed by atoms with E-state index < -0.39 is 83.7 Å². The molecule has 0 radical (unpaired) electrons. The molecule has 10 atom stereocenters. The Morgan fingerprint density at radius 2 is 1.49 bits per heavy atom. The summed E-state index contributed by atoms with van der Waals surface area (Å²) in [5.41, 5.74) is -8.73. The van der Waals surface area contributed by atoms with Crippen molar-refractivity contribution in [3.05, 3.63) is 0 Å². The molecule has 19 heteroatoms. The predicted molar refractivity (Wildman–Crippen MR) is 158 cm³/mol. The zero-order valence-electron chi connectivity index (χ0n) is 27.2. The van der Waals surface area contributed by atoms with Gasteiger partial charge in [-0.1, -0.05) is 13.8 Å². The molecule has 0 bridgehead atoms. The number of aliphatic hydroxyl groups is 2. The summed E-state index contributed by atoms with van der Waals surface area (Å²) in [6.07, 6.45) is -3.18. The van der Waals surface area contributed by atoms with Crippen molar-refractivity contribution in [1.29, 1.82) is 0 Å². The van der Waals surface area contributed by atoms with E-state index >= 15 is 0 Å². The lowest BCUT2D eigenvalue weighted by Gasteiger charge is -2.65. The van der Waals surface area contributed by atoms with Crippen molar-refractivity contribution in [3.8, 4) is 0 Å². The van der Waals surface area contributed by atoms with Crippen LogP contribution in [0.25, 0.3) is 0 Å². The SMILES string of the molecule is CCC1(C)C(C(=O)O)OC(C)(OC2(C)C(CN3CCN(C)CC3)OC(C)(OC)C(NS(=O)(=O)O)C2S(=O)(=O)O)C(C)(O)C1(C)O. The number of hydrogen-bond donors (Lipinski definition) is 6. The standard InChI is InChI=1S/C26H49N3O14S2/c1-10-21(2)18(20(30)31)42-26(7,25(6,33)24(21,5)32)43-22(3)16(15-29-13-11-28(8)12-14-29)41-23(4,40-9)17(27-45(37,38)39)19(22)44(34,35)36/h16-19,27,32-33H,10-15H2,1-9H3,(H,30,31)(H,34,35,36)(H,37,38,39). The molecule has 3 rings (SSSR count). The van der Waals surface area contributed by atoms with Gasteiger partial charge in [0.25, 0.3) is 10.1 Å². The second-order valence-electron chi connectivity index (χ2n) is 13.4. The maximum atomic E-state index is 13.3. The molecular weight excluding hydrogens is 642 g/mol. The summed E-state index contributed by atoms with van der Waals surface area (Å²) in [6, 6.07) is -2.07. The Labute approximate surface area is 264 Å². The minimum absolute atomic E-state index is 0.0236. The van der Waals surface area contributed by atoms with E-state index in [1.165, 1.54) is 27.7 Å². The van der Waals surface area contributed by atoms with Crippen LogP contribution in [0.2, 0.25) is 0 Å². The van der Waals surface area contributed by atoms with Crippen molar-refractivity contribution in [2.75, 3.05) is 46.9 Å². The van der Waals surface area contributed by atoms with Crippen LogP contribution in [0.3, 0.4) is 0 Å². The van der Waals surface area contributed by atoms with Crippen LogP contribution in [0.1, 0.15) is 54.9 Å². The summed E-state index contributed by atoms with van der Waals surface area (Å²) >= 11 is 0. The number of nitrogens with one attached hydrogen (secondary N) is 1. The van der Waals surface area contributed by atoms with Gasteiger partial charge in [0.15, 0.2) is 17.7 Å². The minimum Gasteiger partial charge on any atom is -0.479 e. The molecular formula is C26H49N3O14S2. The van der Waals surface area contributed by atoms with E-state index in [1.807, 2.05) is 11.9 Å². The molecule has 6 N–H and O–H groups in total. The first-order chi connectivity index (χ1) is 20.2. The third-order valence-corrected chi connectivity index (χ3v) is 12.6. The van der Waals surface area contributed by atoms with Gasteiger partial charge in [-0.15, -0.1) is 0 Å². The first-order valence-corrected chi connectivity index (χ1v) is 17.5. The summed E-state index contributed by atoms with van der Waals surface area (Å²) in [4.78, 5) is 16.5. The zero-order chi connectivity index (χ0) is 34.8. The molecule has 0 aromatic heterocycles. The molecule has 3 heterocycles. The molecule has 0 aromatic carbocycles. The van der Waals surface area contributed by atoms with Crippen LogP contribution in [0.15, 0.2) is 0 Å². The van der Waals surface area contributed by atoms with E-state index in [-0.39, 0.29) is 13.0 Å². The van der Waals surface area contributed by atoms with Crippen LogP contribution < -0.4 is 4.72 Å². The quantitative estimate of drug-likeness (QED) is 0.149. The molecule has 17 nitrogen and oxygen atoms in total. The van der Waals surface area contributed by atoms with E-state index in [0.717, 1.165) is 21.0 Å². The lowest BCUT2D eigenvalue weighted by Crippen LogP contribution is -2.83. The number of carboxylic acids is 1. The summed E-state index contributed by atoms with van der Waals surface area (Å²) in [6.45, 7) is 11.0. The molecule has 0 aromatic rings. The highest BCUT2D eigenvalue weighted by molar-refractivity contribution is 7.86. The topological polar surface area (TPSA) is 242 Å². The number of piperazine rings is 1. The molecule has 3 aliphatic rings. The van der Waals surface area contributed by atoms with E-state index in [0.29, 0.717) is 26.2 Å². The number of methoxy groups -OCH3 is 1. The first kappa shape index (κ1) is 38.4. The highest BCUT2D eigenvalue weighted by atomic mass is 32.2. The lowest BCUT2D eigenvalue weighted by atomic mass is 9.57. The average Bonchev–Trinajstić information content (AvgIpc) is 2.88. The fourth-order valence-corrected chi connectivity index (χ4v) is 9.17. The van der Waals surface area contributed by atoms with Gasteiger partial charge in [0.2, 0.25) is 0 Å². The van der Waals surface area contributed by atoms with Gasteiger partial charge in [-0.05, 0) is 48.1 Å². The fourth-order valence-electron chi connectivity index (χ4n) is 6.96. The largest absolute Gasteiger partial charge is 0.479 e. The van der Waals surface area contributed by atoms with Gasteiger partial charge in [0.1, 0.15) is 28.2 Å². The maximum Gasteiger partial charge on any atom is 0.333 e. The smallest absolute Gasteiger partial charge is 0.333 e. The molecule has 10 unspecified atom stereocenters. The molecule has 264 valence electrons. The number of carbonyl (C=O) groups is 1. The van der Waals surface area contributed by atoms with E-state index in [4.69, 9.17) is 18.9 Å². The van der Waals surface area contributed by atoms with Gasteiger partial charge in [0, 0.05) is 45.2 Å². The number of nitrogens with zero attached hydrogens (tertiary/aromatic N) is 2. The Kier molecular flexibility index (Phi) is 10.3. The molecule has 3 fully saturated rings. The van der Waals surface area contributed by atoms with Gasteiger partial charge < -0.3 is 39.2 Å². The Balaban J connectivity index is 2.31. The monoisotopic (exact) mass is 691 g/mol. The van der Waals surface area contributed by atoms with Crippen LogP contribution >= 0.6 is 0 Å². The van der Waals surface area contributed by atoms with Crippen molar-refractivity contribution in [3.63, 3.8) is 0 Å². The molecule has 0 amide bonds. The Hall–Kier alpha value is -1.07. The van der Waals surface area contributed by atoms with Crippen LogP contribution in [-0.4, -0.2) is 156 Å². The van der Waals surface area contributed by atoms with E-state index in [9.17, 15) is 46.1 Å². The number of hydrogen-bond acceptors (Lipinski definition) is 13. The van der Waals surface area contributed by atoms with Crippen LogP contribution in [0.5, 0.6) is 0 Å². The fraction of sp³-hybridized carbons (Fsp3) is 0.962. The first-order valence-electron chi connectivity index (χ1n) is 14.6. The highest BCUT2D eigenvalue weighted by Crippen LogP contribution is 2.57. The normalized spacial score (nSPS) is 45.8. The summed E-state index contributed by atoms with van der Waals surface area (Å²) in [5.74, 6) is -6.18. The second-order valence-corrected chi connectivity index (χ2v) is 16.1. The van der Waals surface area contributed by atoms with Crippen molar-refractivity contribution in [1.82, 2.24) is 14.5 Å². The second kappa shape index (κ2) is 12.1. The molecule has 3 aliphatic heterocycles. The Morgan fingerprint density at radius 1 is 0.956 bits per heavy atom. The van der Waals surface area contributed by atoms with Crippen LogP contribution in [0, 0.1) is 5.41 Å². The van der Waals surface area contributed by atoms with Gasteiger partial charge in [-0.25, -0.2) is 4.79 Å². The lowest BCUT2D eigenvalue weighted by molar-refractivity contribution is -0.449. The third kappa shape index (κ3) is 6.53. The molecule has 45 heavy (non-hydrogen) atoms. The molecule has 0 spiro atoms. The Morgan fingerprint density at radius 3 is 1.91 bits per heavy atom. The number of aliphatic carboxylic acids is 1. The summed E-state index contributed by atoms with van der Waals surface area (Å²) in [7, 11) is -7.55. The van der Waals surface area contributed by atoms with Crippen LogP contribution in [0.4, 0.5) is 0 Å². The van der Waals surface area contributed by atoms with Crippen molar-refractivity contribution in [2.24, 2.45) is 5.41 Å². The molecule has 0 saturated carbocycles. The molecule has 3 saturated heterocycles.